The molecule has 4 rings (SSSR count). The number of nitrogens with zero attached hydrogens (tertiary/aromatic N) is 2. The zero-order chi connectivity index (χ0) is 25.1. The van der Waals surface area contributed by atoms with E-state index in [1.165, 1.54) is 19.4 Å². The molecule has 2 heterocycles. The fraction of sp³-hybridized carbons (Fsp3) is 0.280. The third-order valence-electron chi connectivity index (χ3n) is 5.74. The monoisotopic (exact) mass is 489 g/mol. The molecule has 0 bridgehead atoms. The van der Waals surface area contributed by atoms with Crippen LogP contribution in [-0.2, 0) is 17.6 Å². The quantitative estimate of drug-likeness (QED) is 0.373. The minimum absolute atomic E-state index is 0.0304. The molecule has 35 heavy (non-hydrogen) atoms. The van der Waals surface area contributed by atoms with Crippen molar-refractivity contribution in [1.29, 1.82) is 0 Å². The summed E-state index contributed by atoms with van der Waals surface area (Å²) in [5.74, 6) is -4.84. The molecule has 10 heteroatoms. The van der Waals surface area contributed by atoms with Crippen molar-refractivity contribution in [1.82, 2.24) is 10.3 Å². The van der Waals surface area contributed by atoms with E-state index in [1.54, 1.807) is 18.2 Å². The zero-order valence-corrected chi connectivity index (χ0v) is 18.8. The molecule has 0 fully saturated rings. The van der Waals surface area contributed by atoms with Crippen LogP contribution in [0.5, 0.6) is 0 Å². The van der Waals surface area contributed by atoms with Crippen LogP contribution in [0.2, 0.25) is 0 Å². The average Bonchev–Trinajstić information content (AvgIpc) is 3.25. The van der Waals surface area contributed by atoms with E-state index < -0.39 is 35.3 Å². The van der Waals surface area contributed by atoms with E-state index in [4.69, 9.17) is 4.74 Å². The van der Waals surface area contributed by atoms with Gasteiger partial charge in [0.1, 0.15) is 11.6 Å². The van der Waals surface area contributed by atoms with Crippen molar-refractivity contribution < 1.29 is 32.2 Å². The Bertz CT molecular complexity index is 1230. The van der Waals surface area contributed by atoms with Crippen LogP contribution in [0, 0.1) is 23.3 Å². The number of carbonyl (C=O) groups is 1. The van der Waals surface area contributed by atoms with Gasteiger partial charge in [0.15, 0.2) is 17.5 Å². The Labute approximate surface area is 199 Å². The molecular formula is C25H23F4N3O3. The number of hydrogen-bond acceptors (Lipinski definition) is 5. The van der Waals surface area contributed by atoms with Crippen molar-refractivity contribution >= 4 is 17.4 Å². The molecule has 6 nitrogen and oxygen atoms in total. The number of halogens is 4. The van der Waals surface area contributed by atoms with Crippen LogP contribution in [0.3, 0.4) is 0 Å². The third-order valence-corrected chi connectivity index (χ3v) is 5.74. The molecule has 0 radical (unpaired) electrons. The molecule has 2 N–H and O–H groups in total. The second-order valence-electron chi connectivity index (χ2n) is 8.21. The summed E-state index contributed by atoms with van der Waals surface area (Å²) in [6.07, 6.45) is 1.14. The molecule has 0 saturated heterocycles. The molecule has 1 amide bonds. The van der Waals surface area contributed by atoms with Crippen molar-refractivity contribution in [2.45, 2.75) is 18.9 Å². The van der Waals surface area contributed by atoms with E-state index in [-0.39, 0.29) is 30.7 Å². The summed E-state index contributed by atoms with van der Waals surface area (Å²) in [4.78, 5) is 18.9. The first-order chi connectivity index (χ1) is 16.8. The largest absolute Gasteiger partial charge is 0.389 e. The van der Waals surface area contributed by atoms with Crippen LogP contribution in [-0.4, -0.2) is 48.9 Å². The maximum absolute atomic E-state index is 14.6. The SMILES string of the molecule is COCC(O)CNC(=O)c1c(F)ccc2c1CCN2c1cc(Cc2cc(F)c(F)c(F)c2)ccn1. The lowest BCUT2D eigenvalue weighted by atomic mass is 10.0. The number of amides is 1. The number of aliphatic hydroxyl groups is 1. The molecule has 1 atom stereocenters. The number of anilines is 2. The van der Waals surface area contributed by atoms with Crippen molar-refractivity contribution in [2.75, 3.05) is 31.7 Å². The van der Waals surface area contributed by atoms with Gasteiger partial charge in [0.05, 0.1) is 18.3 Å². The van der Waals surface area contributed by atoms with E-state index >= 15 is 0 Å². The maximum atomic E-state index is 14.6. The number of benzene rings is 2. The smallest absolute Gasteiger partial charge is 0.254 e. The second-order valence-corrected chi connectivity index (χ2v) is 8.21. The maximum Gasteiger partial charge on any atom is 0.254 e. The van der Waals surface area contributed by atoms with Crippen molar-refractivity contribution in [3.05, 3.63) is 88.1 Å². The number of aromatic nitrogens is 1. The Morgan fingerprint density at radius 3 is 2.57 bits per heavy atom. The number of aliphatic hydroxyl groups excluding tert-OH is 1. The predicted octanol–water partition coefficient (Wildman–Crippen LogP) is 3.66. The molecular weight excluding hydrogens is 466 g/mol. The van der Waals surface area contributed by atoms with Crippen LogP contribution in [0.15, 0.2) is 42.6 Å². The number of hydrogen-bond donors (Lipinski definition) is 2. The van der Waals surface area contributed by atoms with Gasteiger partial charge in [-0.1, -0.05) is 0 Å². The fourth-order valence-corrected chi connectivity index (χ4v) is 4.16. The van der Waals surface area contributed by atoms with Gasteiger partial charge < -0.3 is 20.1 Å². The number of pyridine rings is 1. The lowest BCUT2D eigenvalue weighted by molar-refractivity contribution is 0.0608. The molecule has 1 aliphatic rings. The van der Waals surface area contributed by atoms with Gasteiger partial charge in [0.2, 0.25) is 0 Å². The lowest BCUT2D eigenvalue weighted by Crippen LogP contribution is -2.35. The first-order valence-electron chi connectivity index (χ1n) is 10.9. The topological polar surface area (TPSA) is 74.7 Å². The molecule has 184 valence electrons. The van der Waals surface area contributed by atoms with Gasteiger partial charge in [-0.25, -0.2) is 22.5 Å². The van der Waals surface area contributed by atoms with Gasteiger partial charge in [-0.05, 0) is 65.9 Å². The minimum Gasteiger partial charge on any atom is -0.389 e. The minimum atomic E-state index is -1.52. The first-order valence-corrected chi connectivity index (χ1v) is 10.9. The average molecular weight is 489 g/mol. The number of nitrogens with one attached hydrogen (secondary N) is 1. The van der Waals surface area contributed by atoms with Crippen molar-refractivity contribution in [2.24, 2.45) is 0 Å². The summed E-state index contributed by atoms with van der Waals surface area (Å²) in [5, 5.41) is 12.3. The van der Waals surface area contributed by atoms with Crippen LogP contribution >= 0.6 is 0 Å². The molecule has 1 aromatic heterocycles. The Kier molecular flexibility index (Phi) is 7.32. The first kappa shape index (κ1) is 24.6. The summed E-state index contributed by atoms with van der Waals surface area (Å²) in [7, 11) is 1.42. The third kappa shape index (κ3) is 5.28. The molecule has 2 aromatic carbocycles. The standard InChI is InChI=1S/C25H23F4N3O3/c1-35-13-16(33)12-31-25(34)23-17-5-7-32(21(17)3-2-18(23)26)22-11-14(4-6-30-22)8-15-9-19(27)24(29)20(28)10-15/h2-4,6,9-11,16,33H,5,7-8,12-13H2,1H3,(H,31,34). The van der Waals surface area contributed by atoms with Gasteiger partial charge in [-0.15, -0.1) is 0 Å². The van der Waals surface area contributed by atoms with Gasteiger partial charge in [0.25, 0.3) is 5.91 Å². The van der Waals surface area contributed by atoms with Crippen LogP contribution in [0.4, 0.5) is 29.1 Å². The Morgan fingerprint density at radius 2 is 1.86 bits per heavy atom. The van der Waals surface area contributed by atoms with E-state index in [0.717, 1.165) is 12.1 Å². The summed E-state index contributed by atoms with van der Waals surface area (Å²) in [5.41, 5.74) is 1.97. The fourth-order valence-electron chi connectivity index (χ4n) is 4.16. The summed E-state index contributed by atoms with van der Waals surface area (Å²) in [6.45, 7) is 0.373. The molecule has 0 aliphatic carbocycles. The summed E-state index contributed by atoms with van der Waals surface area (Å²) in [6, 6.07) is 8.05. The highest BCUT2D eigenvalue weighted by Crippen LogP contribution is 2.37. The Hall–Kier alpha value is -3.50. The molecule has 0 saturated carbocycles. The highest BCUT2D eigenvalue weighted by atomic mass is 19.2. The van der Waals surface area contributed by atoms with Gasteiger partial charge >= 0.3 is 0 Å². The van der Waals surface area contributed by atoms with Crippen LogP contribution in [0.25, 0.3) is 0 Å². The van der Waals surface area contributed by atoms with E-state index in [0.29, 0.717) is 35.6 Å². The number of fused-ring (bicyclic) bond motifs is 1. The van der Waals surface area contributed by atoms with Crippen molar-refractivity contribution in [3.63, 3.8) is 0 Å². The highest BCUT2D eigenvalue weighted by Gasteiger charge is 2.29. The summed E-state index contributed by atoms with van der Waals surface area (Å²) >= 11 is 0. The van der Waals surface area contributed by atoms with E-state index in [2.05, 4.69) is 10.3 Å². The van der Waals surface area contributed by atoms with Crippen LogP contribution in [0.1, 0.15) is 27.0 Å². The zero-order valence-electron chi connectivity index (χ0n) is 18.8. The number of carbonyl (C=O) groups excluding carboxylic acids is 1. The number of ether oxygens (including phenoxy) is 1. The predicted molar refractivity (Wildman–Crippen MR) is 121 cm³/mol. The van der Waals surface area contributed by atoms with E-state index in [9.17, 15) is 27.5 Å². The Morgan fingerprint density at radius 1 is 1.11 bits per heavy atom. The Balaban J connectivity index is 1.57. The molecule has 1 aliphatic heterocycles. The molecule has 3 aromatic rings. The van der Waals surface area contributed by atoms with Gasteiger partial charge in [-0.3, -0.25) is 4.79 Å². The summed E-state index contributed by atoms with van der Waals surface area (Å²) < 4.78 is 59.9. The highest BCUT2D eigenvalue weighted by molar-refractivity contribution is 5.98. The second kappa shape index (κ2) is 10.4. The number of rotatable bonds is 8. The van der Waals surface area contributed by atoms with Gasteiger partial charge in [0, 0.05) is 32.1 Å². The van der Waals surface area contributed by atoms with E-state index in [1.807, 2.05) is 4.90 Å². The van der Waals surface area contributed by atoms with Gasteiger partial charge in [-0.2, -0.15) is 0 Å². The normalized spacial score (nSPS) is 13.6. The van der Waals surface area contributed by atoms with Crippen molar-refractivity contribution in [3.8, 4) is 0 Å². The molecule has 0 spiro atoms. The molecule has 1 unspecified atom stereocenters. The lowest BCUT2D eigenvalue weighted by Gasteiger charge is -2.20. The van der Waals surface area contributed by atoms with Crippen LogP contribution < -0.4 is 10.2 Å². The number of methoxy groups -OCH3 is 1.